The van der Waals surface area contributed by atoms with Gasteiger partial charge in [0.2, 0.25) is 0 Å². The van der Waals surface area contributed by atoms with Gasteiger partial charge in [-0.15, -0.1) is 0 Å². The van der Waals surface area contributed by atoms with E-state index in [1.54, 1.807) is 12.1 Å². The van der Waals surface area contributed by atoms with E-state index in [4.69, 9.17) is 5.73 Å². The van der Waals surface area contributed by atoms with E-state index in [0.717, 1.165) is 5.56 Å². The second-order valence-corrected chi connectivity index (χ2v) is 3.03. The summed E-state index contributed by atoms with van der Waals surface area (Å²) in [7, 11) is 0. The van der Waals surface area contributed by atoms with Crippen LogP contribution in [0.4, 0.5) is 9.18 Å². The van der Waals surface area contributed by atoms with Crippen LogP contribution in [-0.2, 0) is 6.54 Å². The van der Waals surface area contributed by atoms with Crippen LogP contribution >= 0.6 is 0 Å². The summed E-state index contributed by atoms with van der Waals surface area (Å²) in [4.78, 5) is 11.1. The van der Waals surface area contributed by atoms with Gasteiger partial charge in [0.15, 0.2) is 0 Å². The first kappa shape index (κ1) is 11.5. The van der Waals surface area contributed by atoms with Crippen molar-refractivity contribution in [1.29, 1.82) is 0 Å². The fourth-order valence-electron chi connectivity index (χ4n) is 1.08. The van der Waals surface area contributed by atoms with Gasteiger partial charge in [-0.05, 0) is 17.7 Å². The lowest BCUT2D eigenvalue weighted by molar-refractivity contribution is 0.241. The predicted molar refractivity (Wildman–Crippen MR) is 55.7 cm³/mol. The molecule has 0 aliphatic carbocycles. The third-order valence-electron chi connectivity index (χ3n) is 1.77. The molecule has 5 heteroatoms. The van der Waals surface area contributed by atoms with E-state index in [1.807, 2.05) is 0 Å². The van der Waals surface area contributed by atoms with Crippen molar-refractivity contribution in [2.45, 2.75) is 6.54 Å². The second kappa shape index (κ2) is 5.98. The number of benzene rings is 1. The van der Waals surface area contributed by atoms with E-state index in [0.29, 0.717) is 19.6 Å². The zero-order chi connectivity index (χ0) is 11.1. The summed E-state index contributed by atoms with van der Waals surface area (Å²) in [5.41, 5.74) is 5.93. The second-order valence-electron chi connectivity index (χ2n) is 3.03. The van der Waals surface area contributed by atoms with Crippen molar-refractivity contribution in [1.82, 2.24) is 10.6 Å². The highest BCUT2D eigenvalue weighted by molar-refractivity contribution is 5.73. The molecule has 0 saturated heterocycles. The van der Waals surface area contributed by atoms with Gasteiger partial charge in [0, 0.05) is 19.6 Å². The van der Waals surface area contributed by atoms with E-state index in [-0.39, 0.29) is 11.8 Å². The topological polar surface area (TPSA) is 67.1 Å². The Morgan fingerprint density at radius 2 is 2.20 bits per heavy atom. The first-order valence-corrected chi connectivity index (χ1v) is 4.68. The number of nitrogens with one attached hydrogen (secondary N) is 2. The standard InChI is InChI=1S/C10H14FN3O/c11-9-3-1-2-8(6-9)7-14-10(15)13-5-4-12/h1-3,6H,4-5,7,12H2,(H2,13,14,15). The minimum Gasteiger partial charge on any atom is -0.337 e. The van der Waals surface area contributed by atoms with Crippen LogP contribution in [0.15, 0.2) is 24.3 Å². The molecule has 2 amide bonds. The molecule has 0 bridgehead atoms. The summed E-state index contributed by atoms with van der Waals surface area (Å²) < 4.78 is 12.7. The number of amides is 2. The predicted octanol–water partition coefficient (Wildman–Crippen LogP) is 0.584. The van der Waals surface area contributed by atoms with Gasteiger partial charge in [-0.25, -0.2) is 9.18 Å². The van der Waals surface area contributed by atoms with Gasteiger partial charge in [0.25, 0.3) is 0 Å². The lowest BCUT2D eigenvalue weighted by Gasteiger charge is -2.06. The highest BCUT2D eigenvalue weighted by atomic mass is 19.1. The van der Waals surface area contributed by atoms with Crippen molar-refractivity contribution in [2.24, 2.45) is 5.73 Å². The average molecular weight is 211 g/mol. The molecule has 1 rings (SSSR count). The van der Waals surface area contributed by atoms with E-state index < -0.39 is 0 Å². The zero-order valence-corrected chi connectivity index (χ0v) is 8.29. The van der Waals surface area contributed by atoms with E-state index in [9.17, 15) is 9.18 Å². The van der Waals surface area contributed by atoms with Crippen LogP contribution in [0.25, 0.3) is 0 Å². The maximum atomic E-state index is 12.7. The Hall–Kier alpha value is -1.62. The summed E-state index contributed by atoms with van der Waals surface area (Å²) in [6.07, 6.45) is 0. The summed E-state index contributed by atoms with van der Waals surface area (Å²) in [5.74, 6) is -0.309. The molecule has 0 spiro atoms. The van der Waals surface area contributed by atoms with Gasteiger partial charge in [-0.2, -0.15) is 0 Å². The first-order valence-electron chi connectivity index (χ1n) is 4.68. The largest absolute Gasteiger partial charge is 0.337 e. The SMILES string of the molecule is NCCNC(=O)NCc1cccc(F)c1. The maximum absolute atomic E-state index is 12.7. The molecule has 0 aliphatic heterocycles. The van der Waals surface area contributed by atoms with Crippen molar-refractivity contribution in [2.75, 3.05) is 13.1 Å². The molecule has 0 atom stereocenters. The molecular weight excluding hydrogens is 197 g/mol. The summed E-state index contributed by atoms with van der Waals surface area (Å²) in [6.45, 7) is 1.12. The molecule has 15 heavy (non-hydrogen) atoms. The van der Waals surface area contributed by atoms with Crippen molar-refractivity contribution < 1.29 is 9.18 Å². The van der Waals surface area contributed by atoms with Crippen LogP contribution in [-0.4, -0.2) is 19.1 Å². The molecule has 0 radical (unpaired) electrons. The van der Waals surface area contributed by atoms with Crippen LogP contribution in [0.1, 0.15) is 5.56 Å². The number of carbonyl (C=O) groups is 1. The lowest BCUT2D eigenvalue weighted by Crippen LogP contribution is -2.37. The quantitative estimate of drug-likeness (QED) is 0.682. The van der Waals surface area contributed by atoms with Crippen LogP contribution in [0.5, 0.6) is 0 Å². The molecule has 1 aromatic rings. The van der Waals surface area contributed by atoms with E-state index >= 15 is 0 Å². The van der Waals surface area contributed by atoms with Gasteiger partial charge in [0.05, 0.1) is 0 Å². The molecule has 4 nitrogen and oxygen atoms in total. The van der Waals surface area contributed by atoms with Crippen LogP contribution in [0, 0.1) is 5.82 Å². The number of nitrogens with two attached hydrogens (primary N) is 1. The normalized spacial score (nSPS) is 9.73. The Bertz CT molecular complexity index is 330. The number of urea groups is 1. The minimum atomic E-state index is -0.309. The number of halogens is 1. The monoisotopic (exact) mass is 211 g/mol. The Labute approximate surface area is 87.7 Å². The molecular formula is C10H14FN3O. The Kier molecular flexibility index (Phi) is 4.56. The molecule has 0 aromatic heterocycles. The Balaban J connectivity index is 2.33. The summed E-state index contributed by atoms with van der Waals surface area (Å²) >= 11 is 0. The molecule has 0 unspecified atom stereocenters. The highest BCUT2D eigenvalue weighted by Crippen LogP contribution is 2.02. The van der Waals surface area contributed by atoms with Crippen LogP contribution in [0.2, 0.25) is 0 Å². The number of hydrogen-bond acceptors (Lipinski definition) is 2. The number of rotatable bonds is 4. The fourth-order valence-corrected chi connectivity index (χ4v) is 1.08. The third-order valence-corrected chi connectivity index (χ3v) is 1.77. The fraction of sp³-hybridized carbons (Fsp3) is 0.300. The maximum Gasteiger partial charge on any atom is 0.315 e. The van der Waals surface area contributed by atoms with E-state index in [2.05, 4.69) is 10.6 Å². The van der Waals surface area contributed by atoms with Gasteiger partial charge >= 0.3 is 6.03 Å². The minimum absolute atomic E-state index is 0.300. The molecule has 0 saturated carbocycles. The van der Waals surface area contributed by atoms with Crippen molar-refractivity contribution >= 4 is 6.03 Å². The van der Waals surface area contributed by atoms with Gasteiger partial charge < -0.3 is 16.4 Å². The van der Waals surface area contributed by atoms with Crippen LogP contribution < -0.4 is 16.4 Å². The van der Waals surface area contributed by atoms with Gasteiger partial charge in [-0.3, -0.25) is 0 Å². The highest BCUT2D eigenvalue weighted by Gasteiger charge is 1.99. The number of carbonyl (C=O) groups excluding carboxylic acids is 1. The molecule has 0 heterocycles. The van der Waals surface area contributed by atoms with Crippen LogP contribution in [0.3, 0.4) is 0 Å². The summed E-state index contributed by atoms with van der Waals surface area (Å²) in [5, 5.41) is 5.14. The Morgan fingerprint density at radius 1 is 1.40 bits per heavy atom. The van der Waals surface area contributed by atoms with Gasteiger partial charge in [0.1, 0.15) is 5.82 Å². The lowest BCUT2D eigenvalue weighted by atomic mass is 10.2. The first-order chi connectivity index (χ1) is 7.22. The molecule has 0 fully saturated rings. The molecule has 4 N–H and O–H groups in total. The van der Waals surface area contributed by atoms with Gasteiger partial charge in [-0.1, -0.05) is 12.1 Å². The van der Waals surface area contributed by atoms with Crippen molar-refractivity contribution in [3.63, 3.8) is 0 Å². The third kappa shape index (κ3) is 4.42. The molecule has 1 aromatic carbocycles. The molecule has 0 aliphatic rings. The zero-order valence-electron chi connectivity index (χ0n) is 8.29. The van der Waals surface area contributed by atoms with Crippen molar-refractivity contribution in [3.05, 3.63) is 35.6 Å². The smallest absolute Gasteiger partial charge is 0.315 e. The van der Waals surface area contributed by atoms with Crippen molar-refractivity contribution in [3.8, 4) is 0 Å². The number of hydrogen-bond donors (Lipinski definition) is 3. The van der Waals surface area contributed by atoms with E-state index in [1.165, 1.54) is 12.1 Å². The molecule has 82 valence electrons. The Morgan fingerprint density at radius 3 is 2.87 bits per heavy atom. The summed E-state index contributed by atoms with van der Waals surface area (Å²) in [6, 6.07) is 5.78. The average Bonchev–Trinajstić information content (AvgIpc) is 2.23.